The van der Waals surface area contributed by atoms with Crippen LogP contribution in [-0.4, -0.2) is 51.9 Å². The van der Waals surface area contributed by atoms with Gasteiger partial charge in [-0.3, -0.25) is 4.99 Å². The minimum atomic E-state index is -0.518. The standard InChI is InChI=1S/C17H24F2N4O.HI/c1-17(10-24-11-17)9-21-16(20-2)22-12-6-7-23(8-12)15-13(18)4-3-5-14(15)19;/h3-5,12H,6-11H2,1-2H3,(H2,20,21,22);1H. The molecule has 8 heteroatoms. The van der Waals surface area contributed by atoms with Gasteiger partial charge in [0.2, 0.25) is 0 Å². The molecule has 2 heterocycles. The molecule has 2 saturated heterocycles. The first-order chi connectivity index (χ1) is 11.5. The second-order valence-corrected chi connectivity index (χ2v) is 6.88. The molecule has 0 aromatic heterocycles. The second kappa shape index (κ2) is 8.48. The lowest BCUT2D eigenvalue weighted by Crippen LogP contribution is -2.52. The molecule has 3 rings (SSSR count). The first kappa shape index (κ1) is 20.2. The SMILES string of the molecule is CN=C(NCC1(C)COC1)NC1CCN(c2c(F)cccc2F)C1.I. The van der Waals surface area contributed by atoms with Gasteiger partial charge in [-0.1, -0.05) is 13.0 Å². The van der Waals surface area contributed by atoms with Gasteiger partial charge in [-0.25, -0.2) is 8.78 Å². The molecular formula is C17H25F2IN4O. The number of hydrogen-bond donors (Lipinski definition) is 2. The Morgan fingerprint density at radius 1 is 1.36 bits per heavy atom. The molecule has 0 aliphatic carbocycles. The lowest BCUT2D eigenvalue weighted by molar-refractivity contribution is -0.0971. The van der Waals surface area contributed by atoms with Crippen LogP contribution >= 0.6 is 24.0 Å². The molecule has 25 heavy (non-hydrogen) atoms. The normalized spacial score (nSPS) is 22.2. The topological polar surface area (TPSA) is 48.9 Å². The largest absolute Gasteiger partial charge is 0.380 e. The highest BCUT2D eigenvalue weighted by molar-refractivity contribution is 14.0. The van der Waals surface area contributed by atoms with E-state index < -0.39 is 11.6 Å². The molecule has 1 unspecified atom stereocenters. The summed E-state index contributed by atoms with van der Waals surface area (Å²) >= 11 is 0. The van der Waals surface area contributed by atoms with Gasteiger partial charge in [-0.05, 0) is 18.6 Å². The Bertz CT molecular complexity index is 604. The maximum atomic E-state index is 13.9. The smallest absolute Gasteiger partial charge is 0.191 e. The molecule has 0 spiro atoms. The molecule has 2 N–H and O–H groups in total. The minimum absolute atomic E-state index is 0. The molecule has 1 atom stereocenters. The van der Waals surface area contributed by atoms with E-state index in [4.69, 9.17) is 4.74 Å². The Morgan fingerprint density at radius 3 is 2.60 bits per heavy atom. The fourth-order valence-electron chi connectivity index (χ4n) is 3.11. The van der Waals surface area contributed by atoms with Gasteiger partial charge in [0.05, 0.1) is 13.2 Å². The van der Waals surface area contributed by atoms with Crippen LogP contribution in [0.4, 0.5) is 14.5 Å². The summed E-state index contributed by atoms with van der Waals surface area (Å²) in [6.07, 6.45) is 0.800. The van der Waals surface area contributed by atoms with Crippen LogP contribution in [-0.2, 0) is 4.74 Å². The second-order valence-electron chi connectivity index (χ2n) is 6.88. The number of benzene rings is 1. The molecule has 0 radical (unpaired) electrons. The van der Waals surface area contributed by atoms with Gasteiger partial charge < -0.3 is 20.3 Å². The molecule has 2 fully saturated rings. The third-order valence-corrected chi connectivity index (χ3v) is 4.59. The highest BCUT2D eigenvalue weighted by atomic mass is 127. The van der Waals surface area contributed by atoms with Crippen molar-refractivity contribution in [3.63, 3.8) is 0 Å². The fourth-order valence-corrected chi connectivity index (χ4v) is 3.11. The summed E-state index contributed by atoms with van der Waals surface area (Å²) < 4.78 is 33.1. The summed E-state index contributed by atoms with van der Waals surface area (Å²) in [6.45, 7) is 5.60. The summed E-state index contributed by atoms with van der Waals surface area (Å²) in [5.41, 5.74) is 0.208. The third-order valence-electron chi connectivity index (χ3n) is 4.59. The van der Waals surface area contributed by atoms with E-state index in [0.29, 0.717) is 19.0 Å². The maximum absolute atomic E-state index is 13.9. The van der Waals surface area contributed by atoms with E-state index in [-0.39, 0.29) is 41.1 Å². The first-order valence-corrected chi connectivity index (χ1v) is 8.25. The zero-order valence-corrected chi connectivity index (χ0v) is 16.8. The Labute approximate surface area is 164 Å². The van der Waals surface area contributed by atoms with Crippen molar-refractivity contribution in [1.29, 1.82) is 0 Å². The number of aliphatic imine (C=N–C) groups is 1. The molecular weight excluding hydrogens is 441 g/mol. The van der Waals surface area contributed by atoms with E-state index in [1.165, 1.54) is 18.2 Å². The van der Waals surface area contributed by atoms with Gasteiger partial charge in [0.15, 0.2) is 5.96 Å². The van der Waals surface area contributed by atoms with Crippen LogP contribution in [0, 0.1) is 17.0 Å². The summed E-state index contributed by atoms with van der Waals surface area (Å²) in [7, 11) is 1.72. The number of nitrogens with one attached hydrogen (secondary N) is 2. The Morgan fingerprint density at radius 2 is 2.04 bits per heavy atom. The zero-order chi connectivity index (χ0) is 17.2. The van der Waals surface area contributed by atoms with E-state index in [1.54, 1.807) is 11.9 Å². The van der Waals surface area contributed by atoms with Gasteiger partial charge in [0, 0.05) is 38.1 Å². The van der Waals surface area contributed by atoms with Crippen LogP contribution < -0.4 is 15.5 Å². The van der Waals surface area contributed by atoms with Crippen molar-refractivity contribution in [3.05, 3.63) is 29.8 Å². The van der Waals surface area contributed by atoms with Crippen molar-refractivity contribution in [2.45, 2.75) is 19.4 Å². The Balaban J connectivity index is 0.00000225. The van der Waals surface area contributed by atoms with Crippen molar-refractivity contribution in [3.8, 4) is 0 Å². The highest BCUT2D eigenvalue weighted by Gasteiger charge is 2.33. The molecule has 0 saturated carbocycles. The predicted octanol–water partition coefficient (Wildman–Crippen LogP) is 2.36. The van der Waals surface area contributed by atoms with E-state index in [9.17, 15) is 8.78 Å². The minimum Gasteiger partial charge on any atom is -0.380 e. The van der Waals surface area contributed by atoms with Crippen LogP contribution in [0.3, 0.4) is 0 Å². The van der Waals surface area contributed by atoms with Crippen LogP contribution in [0.15, 0.2) is 23.2 Å². The zero-order valence-electron chi connectivity index (χ0n) is 14.5. The van der Waals surface area contributed by atoms with Gasteiger partial charge in [-0.2, -0.15) is 0 Å². The summed E-state index contributed by atoms with van der Waals surface area (Å²) in [5, 5.41) is 6.64. The number of ether oxygens (including phenoxy) is 1. The first-order valence-electron chi connectivity index (χ1n) is 8.25. The summed E-state index contributed by atoms with van der Waals surface area (Å²) in [6, 6.07) is 4.07. The van der Waals surface area contributed by atoms with Gasteiger partial charge in [0.25, 0.3) is 0 Å². The average Bonchev–Trinajstić information content (AvgIpc) is 2.97. The molecule has 5 nitrogen and oxygen atoms in total. The number of para-hydroxylation sites is 1. The van der Waals surface area contributed by atoms with E-state index in [2.05, 4.69) is 22.5 Å². The fraction of sp³-hybridized carbons (Fsp3) is 0.588. The lowest BCUT2D eigenvalue weighted by Gasteiger charge is -2.38. The summed E-state index contributed by atoms with van der Waals surface area (Å²) in [5.74, 6) is -0.323. The van der Waals surface area contributed by atoms with Gasteiger partial charge >= 0.3 is 0 Å². The molecule has 2 aliphatic rings. The predicted molar refractivity (Wildman–Crippen MR) is 106 cm³/mol. The third kappa shape index (κ3) is 4.72. The average molecular weight is 466 g/mol. The number of hydrogen-bond acceptors (Lipinski definition) is 3. The molecule has 2 aliphatic heterocycles. The van der Waals surface area contributed by atoms with E-state index in [0.717, 1.165) is 26.2 Å². The monoisotopic (exact) mass is 466 g/mol. The van der Waals surface area contributed by atoms with Gasteiger partial charge in [-0.15, -0.1) is 24.0 Å². The van der Waals surface area contributed by atoms with E-state index >= 15 is 0 Å². The summed E-state index contributed by atoms with van der Waals surface area (Å²) in [4.78, 5) is 5.98. The molecule has 0 bridgehead atoms. The van der Waals surface area contributed by atoms with Crippen molar-refractivity contribution in [1.82, 2.24) is 10.6 Å². The number of guanidine groups is 1. The number of rotatable bonds is 4. The van der Waals surface area contributed by atoms with Crippen LogP contribution in [0.2, 0.25) is 0 Å². The number of halogens is 3. The highest BCUT2D eigenvalue weighted by Crippen LogP contribution is 2.27. The van der Waals surface area contributed by atoms with E-state index in [1.807, 2.05) is 0 Å². The van der Waals surface area contributed by atoms with Crippen molar-refractivity contribution >= 4 is 35.6 Å². The van der Waals surface area contributed by atoms with Gasteiger partial charge in [0.1, 0.15) is 17.3 Å². The van der Waals surface area contributed by atoms with Crippen LogP contribution in [0.5, 0.6) is 0 Å². The Kier molecular flexibility index (Phi) is 6.84. The van der Waals surface area contributed by atoms with Crippen molar-refractivity contribution in [2.24, 2.45) is 10.4 Å². The Hall–Kier alpha value is -1.16. The maximum Gasteiger partial charge on any atom is 0.191 e. The van der Waals surface area contributed by atoms with Crippen LogP contribution in [0.1, 0.15) is 13.3 Å². The molecule has 1 aromatic carbocycles. The number of anilines is 1. The van der Waals surface area contributed by atoms with Crippen molar-refractivity contribution in [2.75, 3.05) is 44.8 Å². The molecule has 0 amide bonds. The molecule has 140 valence electrons. The number of nitrogens with zero attached hydrogens (tertiary/aromatic N) is 2. The molecule has 1 aromatic rings. The quantitative estimate of drug-likeness (QED) is 0.407. The lowest BCUT2D eigenvalue weighted by atomic mass is 9.89. The van der Waals surface area contributed by atoms with Crippen molar-refractivity contribution < 1.29 is 13.5 Å². The van der Waals surface area contributed by atoms with Crippen LogP contribution in [0.25, 0.3) is 0 Å².